The van der Waals surface area contributed by atoms with E-state index in [0.29, 0.717) is 20.2 Å². The second-order valence-corrected chi connectivity index (χ2v) is 6.67. The molecule has 1 aromatic carbocycles. The summed E-state index contributed by atoms with van der Waals surface area (Å²) in [6.45, 7) is 1.69. The summed E-state index contributed by atoms with van der Waals surface area (Å²) in [4.78, 5) is 4.24. The van der Waals surface area contributed by atoms with Crippen LogP contribution in [0.1, 0.15) is 17.5 Å². The quantitative estimate of drug-likeness (QED) is 0.805. The summed E-state index contributed by atoms with van der Waals surface area (Å²) in [7, 11) is 0. The number of rotatable bonds is 2. The standard InChI is InChI=1S/C11H8Br2ClNOS/c1-11(16,10-15-9(13)5-17-10)7-3-2-6(12)4-8(7)14/h2-5,16H,1H3. The molecule has 90 valence electrons. The van der Waals surface area contributed by atoms with Gasteiger partial charge >= 0.3 is 0 Å². The van der Waals surface area contributed by atoms with E-state index in [-0.39, 0.29) is 0 Å². The zero-order valence-corrected chi connectivity index (χ0v) is 13.5. The molecule has 0 saturated heterocycles. The van der Waals surface area contributed by atoms with E-state index in [1.807, 2.05) is 11.4 Å². The van der Waals surface area contributed by atoms with Crippen LogP contribution in [0.2, 0.25) is 5.02 Å². The van der Waals surface area contributed by atoms with E-state index in [2.05, 4.69) is 36.8 Å². The topological polar surface area (TPSA) is 33.1 Å². The fourth-order valence-electron chi connectivity index (χ4n) is 1.48. The summed E-state index contributed by atoms with van der Waals surface area (Å²) in [5.41, 5.74) is -0.543. The van der Waals surface area contributed by atoms with E-state index >= 15 is 0 Å². The highest BCUT2D eigenvalue weighted by atomic mass is 79.9. The van der Waals surface area contributed by atoms with Gasteiger partial charge in [-0.25, -0.2) is 4.98 Å². The Morgan fingerprint density at radius 2 is 2.12 bits per heavy atom. The maximum absolute atomic E-state index is 10.6. The van der Waals surface area contributed by atoms with E-state index in [1.54, 1.807) is 19.1 Å². The zero-order valence-electron chi connectivity index (χ0n) is 8.75. The number of benzene rings is 1. The highest BCUT2D eigenvalue weighted by Crippen LogP contribution is 2.37. The molecular weight excluding hydrogens is 389 g/mol. The Morgan fingerprint density at radius 3 is 2.65 bits per heavy atom. The second kappa shape index (κ2) is 4.97. The third kappa shape index (κ3) is 2.74. The maximum atomic E-state index is 10.6. The van der Waals surface area contributed by atoms with Crippen molar-refractivity contribution in [1.29, 1.82) is 0 Å². The largest absolute Gasteiger partial charge is 0.378 e. The molecule has 2 nitrogen and oxygen atoms in total. The molecule has 0 fully saturated rings. The van der Waals surface area contributed by atoms with Crippen molar-refractivity contribution < 1.29 is 5.11 Å². The fraction of sp³-hybridized carbons (Fsp3) is 0.182. The molecule has 6 heteroatoms. The molecule has 2 rings (SSSR count). The lowest BCUT2D eigenvalue weighted by Crippen LogP contribution is -2.23. The Kier molecular flexibility index (Phi) is 3.95. The van der Waals surface area contributed by atoms with Crippen LogP contribution < -0.4 is 0 Å². The van der Waals surface area contributed by atoms with Gasteiger partial charge in [0, 0.05) is 20.4 Å². The summed E-state index contributed by atoms with van der Waals surface area (Å²) in [5.74, 6) is 0. The minimum absolute atomic E-state index is 0.510. The van der Waals surface area contributed by atoms with E-state index in [4.69, 9.17) is 11.6 Å². The van der Waals surface area contributed by atoms with E-state index in [1.165, 1.54) is 11.3 Å². The predicted octanol–water partition coefficient (Wildman–Crippen LogP) is 4.58. The first-order valence-electron chi connectivity index (χ1n) is 4.70. The predicted molar refractivity (Wildman–Crippen MR) is 77.6 cm³/mol. The molecule has 1 atom stereocenters. The average Bonchev–Trinajstić information content (AvgIpc) is 2.64. The normalized spacial score (nSPS) is 14.6. The van der Waals surface area contributed by atoms with Gasteiger partial charge in [0.2, 0.25) is 0 Å². The molecule has 1 aromatic heterocycles. The van der Waals surface area contributed by atoms with Crippen molar-refractivity contribution in [2.24, 2.45) is 0 Å². The Hall–Kier alpha value is 0.0600. The Morgan fingerprint density at radius 1 is 1.41 bits per heavy atom. The first kappa shape index (κ1) is 13.5. The van der Waals surface area contributed by atoms with Gasteiger partial charge < -0.3 is 5.11 Å². The van der Waals surface area contributed by atoms with Crippen molar-refractivity contribution in [2.45, 2.75) is 12.5 Å². The number of hydrogen-bond donors (Lipinski definition) is 1. The Labute approximate surface area is 125 Å². The summed E-state index contributed by atoms with van der Waals surface area (Å²) < 4.78 is 1.59. The molecule has 1 N–H and O–H groups in total. The molecule has 0 spiro atoms. The number of aromatic nitrogens is 1. The number of aliphatic hydroxyl groups is 1. The van der Waals surface area contributed by atoms with Crippen LogP contribution in [0.5, 0.6) is 0 Å². The van der Waals surface area contributed by atoms with Crippen molar-refractivity contribution in [3.8, 4) is 0 Å². The van der Waals surface area contributed by atoms with Gasteiger partial charge in [-0.15, -0.1) is 11.3 Å². The molecule has 17 heavy (non-hydrogen) atoms. The van der Waals surface area contributed by atoms with Crippen LogP contribution in [0.15, 0.2) is 32.7 Å². The van der Waals surface area contributed by atoms with Gasteiger partial charge in [0.15, 0.2) is 0 Å². The molecule has 0 bridgehead atoms. The average molecular weight is 398 g/mol. The first-order valence-corrected chi connectivity index (χ1v) is 7.55. The number of hydrogen-bond acceptors (Lipinski definition) is 3. The lowest BCUT2D eigenvalue weighted by Gasteiger charge is -2.22. The molecule has 0 amide bonds. The van der Waals surface area contributed by atoms with Crippen molar-refractivity contribution in [1.82, 2.24) is 4.98 Å². The lowest BCUT2D eigenvalue weighted by molar-refractivity contribution is 0.102. The van der Waals surface area contributed by atoms with Crippen LogP contribution in [-0.2, 0) is 5.60 Å². The molecule has 2 aromatic rings. The van der Waals surface area contributed by atoms with Crippen LogP contribution in [-0.4, -0.2) is 10.1 Å². The number of thiazole rings is 1. The monoisotopic (exact) mass is 395 g/mol. The Balaban J connectivity index is 2.51. The highest BCUT2D eigenvalue weighted by molar-refractivity contribution is 9.10. The SMILES string of the molecule is CC(O)(c1nc(Br)cs1)c1ccc(Br)cc1Cl. The smallest absolute Gasteiger partial charge is 0.140 e. The van der Waals surface area contributed by atoms with Gasteiger partial charge in [-0.2, -0.15) is 0 Å². The van der Waals surface area contributed by atoms with Crippen LogP contribution in [0.25, 0.3) is 0 Å². The van der Waals surface area contributed by atoms with Crippen LogP contribution in [0, 0.1) is 0 Å². The summed E-state index contributed by atoms with van der Waals surface area (Å²) >= 11 is 14.1. The van der Waals surface area contributed by atoms with Crippen molar-refractivity contribution in [3.63, 3.8) is 0 Å². The van der Waals surface area contributed by atoms with Crippen LogP contribution in [0.3, 0.4) is 0 Å². The molecule has 0 aliphatic carbocycles. The third-order valence-electron chi connectivity index (χ3n) is 2.35. The first-order chi connectivity index (χ1) is 7.91. The molecule has 1 heterocycles. The van der Waals surface area contributed by atoms with E-state index in [9.17, 15) is 5.11 Å². The zero-order chi connectivity index (χ0) is 12.6. The van der Waals surface area contributed by atoms with Gasteiger partial charge in [0.05, 0.1) is 0 Å². The Bertz CT molecular complexity index is 556. The molecule has 0 aliphatic rings. The van der Waals surface area contributed by atoms with Crippen LogP contribution >= 0.6 is 54.8 Å². The number of nitrogens with zero attached hydrogens (tertiary/aromatic N) is 1. The second-order valence-electron chi connectivity index (χ2n) is 3.67. The highest BCUT2D eigenvalue weighted by Gasteiger charge is 2.31. The van der Waals surface area contributed by atoms with E-state index < -0.39 is 5.60 Å². The molecule has 0 saturated carbocycles. The summed E-state index contributed by atoms with van der Waals surface area (Å²) in [6.07, 6.45) is 0. The van der Waals surface area contributed by atoms with Gasteiger partial charge in [-0.3, -0.25) is 0 Å². The maximum Gasteiger partial charge on any atom is 0.140 e. The van der Waals surface area contributed by atoms with Gasteiger partial charge in [-0.1, -0.05) is 33.6 Å². The summed E-state index contributed by atoms with van der Waals surface area (Å²) in [6, 6.07) is 5.40. The van der Waals surface area contributed by atoms with Gasteiger partial charge in [0.1, 0.15) is 15.2 Å². The molecule has 0 radical (unpaired) electrons. The molecular formula is C11H8Br2ClNOS. The van der Waals surface area contributed by atoms with Gasteiger partial charge in [0.25, 0.3) is 0 Å². The molecule has 0 aliphatic heterocycles. The summed E-state index contributed by atoms with van der Waals surface area (Å²) in [5, 5.41) is 13.5. The van der Waals surface area contributed by atoms with E-state index in [0.717, 1.165) is 4.47 Å². The van der Waals surface area contributed by atoms with Crippen molar-refractivity contribution in [3.05, 3.63) is 48.2 Å². The van der Waals surface area contributed by atoms with Crippen molar-refractivity contribution in [2.75, 3.05) is 0 Å². The minimum atomic E-state index is -1.19. The van der Waals surface area contributed by atoms with Crippen molar-refractivity contribution >= 4 is 54.8 Å². The fourth-order valence-corrected chi connectivity index (χ4v) is 3.66. The number of halogens is 3. The van der Waals surface area contributed by atoms with Gasteiger partial charge in [-0.05, 0) is 35.0 Å². The third-order valence-corrected chi connectivity index (χ3v) is 4.92. The lowest BCUT2D eigenvalue weighted by atomic mass is 9.97. The molecule has 1 unspecified atom stereocenters. The van der Waals surface area contributed by atoms with Crippen LogP contribution in [0.4, 0.5) is 0 Å². The minimum Gasteiger partial charge on any atom is -0.378 e.